The minimum Gasteiger partial charge on any atom is -0.508 e. The fraction of sp³-hybridized carbons (Fsp3) is 0.0870. The number of benzene rings is 2. The number of phenolic OH excluding ortho intramolecular Hbond substituents is 1. The first kappa shape index (κ1) is 18.4. The average Bonchev–Trinajstić information content (AvgIpc) is 3.02. The molecule has 3 heterocycles. The molecular weight excluding hydrogens is 404 g/mol. The average molecular weight is 419 g/mol. The first-order valence-corrected chi connectivity index (χ1v) is 9.63. The van der Waals surface area contributed by atoms with Crippen LogP contribution in [0, 0.1) is 6.92 Å². The van der Waals surface area contributed by atoms with Crippen LogP contribution in [0.5, 0.6) is 5.75 Å². The fourth-order valence-corrected chi connectivity index (χ4v) is 3.98. The number of carbonyl (C=O) groups excluding carboxylic acids is 1. The lowest BCUT2D eigenvalue weighted by Gasteiger charge is -2.24. The summed E-state index contributed by atoms with van der Waals surface area (Å²) < 4.78 is 5.88. The second kappa shape index (κ2) is 6.71. The maximum Gasteiger partial charge on any atom is 0.296 e. The Balaban J connectivity index is 1.83. The third kappa shape index (κ3) is 2.76. The molecule has 30 heavy (non-hydrogen) atoms. The molecule has 4 aromatic rings. The summed E-state index contributed by atoms with van der Waals surface area (Å²) in [6.07, 6.45) is 1.61. The molecule has 6 nitrogen and oxygen atoms in total. The Hall–Kier alpha value is -3.64. The molecule has 7 heteroatoms. The molecule has 148 valence electrons. The van der Waals surface area contributed by atoms with Crippen LogP contribution >= 0.6 is 11.6 Å². The number of aryl methyl sites for hydroxylation is 1. The van der Waals surface area contributed by atoms with Gasteiger partial charge in [0.25, 0.3) is 5.91 Å². The number of phenols is 1. The fourth-order valence-electron chi connectivity index (χ4n) is 3.81. The summed E-state index contributed by atoms with van der Waals surface area (Å²) in [5.41, 5.74) is 1.76. The van der Waals surface area contributed by atoms with E-state index in [0.29, 0.717) is 27.4 Å². The molecule has 2 aromatic heterocycles. The molecule has 1 N–H and O–H groups in total. The molecule has 0 fully saturated rings. The van der Waals surface area contributed by atoms with Gasteiger partial charge in [-0.1, -0.05) is 23.7 Å². The highest BCUT2D eigenvalue weighted by molar-refractivity contribution is 6.31. The van der Waals surface area contributed by atoms with Crippen molar-refractivity contribution in [3.8, 4) is 5.75 Å². The van der Waals surface area contributed by atoms with Crippen molar-refractivity contribution in [1.82, 2.24) is 4.98 Å². The Labute approximate surface area is 176 Å². The van der Waals surface area contributed by atoms with Gasteiger partial charge in [-0.05, 0) is 60.5 Å². The molecule has 0 radical (unpaired) electrons. The van der Waals surface area contributed by atoms with Gasteiger partial charge >= 0.3 is 0 Å². The largest absolute Gasteiger partial charge is 0.508 e. The standard InChI is InChI=1S/C23H15ClN2O4/c1-12-8-9-25-18(10-12)26-20(13-2-5-15(27)6-3-13)19-21(28)16-11-14(24)4-7-17(16)30-22(19)23(26)29/h2-11,20,27H,1H3. The van der Waals surface area contributed by atoms with Crippen LogP contribution in [0.1, 0.15) is 33.3 Å². The number of fused-ring (bicyclic) bond motifs is 2. The predicted molar refractivity (Wildman–Crippen MR) is 113 cm³/mol. The minimum absolute atomic E-state index is 0.0174. The molecule has 0 aliphatic carbocycles. The maximum absolute atomic E-state index is 13.4. The Kier molecular flexibility index (Phi) is 4.11. The van der Waals surface area contributed by atoms with E-state index in [1.807, 2.05) is 13.0 Å². The number of amides is 1. The molecule has 1 aliphatic rings. The number of rotatable bonds is 2. The van der Waals surface area contributed by atoms with E-state index in [2.05, 4.69) is 4.98 Å². The molecule has 0 spiro atoms. The molecular formula is C23H15ClN2O4. The lowest BCUT2D eigenvalue weighted by Crippen LogP contribution is -2.30. The molecule has 0 saturated carbocycles. The highest BCUT2D eigenvalue weighted by Gasteiger charge is 2.44. The number of aromatic hydroxyl groups is 1. The lowest BCUT2D eigenvalue weighted by atomic mass is 9.98. The van der Waals surface area contributed by atoms with Crippen molar-refractivity contribution in [2.24, 2.45) is 0 Å². The van der Waals surface area contributed by atoms with Gasteiger partial charge in [-0.2, -0.15) is 0 Å². The van der Waals surface area contributed by atoms with Gasteiger partial charge in [0.1, 0.15) is 17.2 Å². The first-order valence-electron chi connectivity index (χ1n) is 9.25. The second-order valence-corrected chi connectivity index (χ2v) is 7.61. The number of carbonyl (C=O) groups is 1. The van der Waals surface area contributed by atoms with Crippen LogP contribution in [0.3, 0.4) is 0 Å². The van der Waals surface area contributed by atoms with E-state index in [0.717, 1.165) is 5.56 Å². The summed E-state index contributed by atoms with van der Waals surface area (Å²) in [7, 11) is 0. The molecule has 2 aromatic carbocycles. The maximum atomic E-state index is 13.4. The molecule has 1 aliphatic heterocycles. The summed E-state index contributed by atoms with van der Waals surface area (Å²) in [6, 6.07) is 13.9. The topological polar surface area (TPSA) is 83.6 Å². The second-order valence-electron chi connectivity index (χ2n) is 7.18. The summed E-state index contributed by atoms with van der Waals surface area (Å²) in [4.78, 5) is 32.7. The number of anilines is 1. The van der Waals surface area contributed by atoms with Gasteiger partial charge in [-0.15, -0.1) is 0 Å². The van der Waals surface area contributed by atoms with Gasteiger partial charge in [0, 0.05) is 11.2 Å². The zero-order valence-corrected chi connectivity index (χ0v) is 16.6. The monoisotopic (exact) mass is 418 g/mol. The van der Waals surface area contributed by atoms with Crippen molar-refractivity contribution < 1.29 is 14.3 Å². The zero-order valence-electron chi connectivity index (χ0n) is 15.8. The Morgan fingerprint density at radius 1 is 1.07 bits per heavy atom. The van der Waals surface area contributed by atoms with Crippen LogP contribution in [0.2, 0.25) is 5.02 Å². The van der Waals surface area contributed by atoms with E-state index in [1.165, 1.54) is 23.1 Å². The van der Waals surface area contributed by atoms with Crippen LogP contribution in [-0.4, -0.2) is 16.0 Å². The van der Waals surface area contributed by atoms with E-state index < -0.39 is 11.9 Å². The van der Waals surface area contributed by atoms with Crippen molar-refractivity contribution in [3.63, 3.8) is 0 Å². The molecule has 0 saturated heterocycles. The van der Waals surface area contributed by atoms with Gasteiger partial charge in [0.2, 0.25) is 5.76 Å². The van der Waals surface area contributed by atoms with E-state index in [9.17, 15) is 14.7 Å². The van der Waals surface area contributed by atoms with Crippen LogP contribution in [0.25, 0.3) is 11.0 Å². The minimum atomic E-state index is -0.748. The molecule has 1 amide bonds. The van der Waals surface area contributed by atoms with Crippen LogP contribution in [-0.2, 0) is 0 Å². The smallest absolute Gasteiger partial charge is 0.296 e. The predicted octanol–water partition coefficient (Wildman–Crippen LogP) is 4.61. The van der Waals surface area contributed by atoms with Crippen molar-refractivity contribution in [2.45, 2.75) is 13.0 Å². The summed E-state index contributed by atoms with van der Waals surface area (Å²) in [5, 5.41) is 10.4. The van der Waals surface area contributed by atoms with E-state index >= 15 is 0 Å². The molecule has 1 atom stereocenters. The van der Waals surface area contributed by atoms with E-state index in [4.69, 9.17) is 16.0 Å². The highest BCUT2D eigenvalue weighted by atomic mass is 35.5. The van der Waals surface area contributed by atoms with Crippen LogP contribution in [0.4, 0.5) is 5.82 Å². The number of nitrogens with zero attached hydrogens (tertiary/aromatic N) is 2. The number of pyridine rings is 1. The van der Waals surface area contributed by atoms with Crippen molar-refractivity contribution >= 4 is 34.3 Å². The van der Waals surface area contributed by atoms with Gasteiger partial charge in [-0.3, -0.25) is 14.5 Å². The van der Waals surface area contributed by atoms with Crippen molar-refractivity contribution in [2.75, 3.05) is 4.90 Å². The van der Waals surface area contributed by atoms with E-state index in [-0.39, 0.29) is 22.5 Å². The van der Waals surface area contributed by atoms with Crippen LogP contribution in [0.15, 0.2) is 70.0 Å². The van der Waals surface area contributed by atoms with Gasteiger partial charge < -0.3 is 9.52 Å². The number of halogens is 1. The Morgan fingerprint density at radius 2 is 1.83 bits per heavy atom. The van der Waals surface area contributed by atoms with Gasteiger partial charge in [-0.25, -0.2) is 4.98 Å². The molecule has 0 bridgehead atoms. The number of hydrogen-bond donors (Lipinski definition) is 1. The quantitative estimate of drug-likeness (QED) is 0.514. The van der Waals surface area contributed by atoms with E-state index in [1.54, 1.807) is 36.5 Å². The van der Waals surface area contributed by atoms with Crippen LogP contribution < -0.4 is 10.3 Å². The molecule has 1 unspecified atom stereocenters. The summed E-state index contributed by atoms with van der Waals surface area (Å²) in [6.45, 7) is 1.90. The summed E-state index contributed by atoms with van der Waals surface area (Å²) in [5.74, 6) is 0.0261. The normalized spacial score (nSPS) is 15.6. The Bertz CT molecular complexity index is 1380. The first-order chi connectivity index (χ1) is 14.4. The van der Waals surface area contributed by atoms with Crippen molar-refractivity contribution in [3.05, 3.63) is 98.5 Å². The number of aromatic nitrogens is 1. The van der Waals surface area contributed by atoms with Gasteiger partial charge in [0.05, 0.1) is 17.0 Å². The highest BCUT2D eigenvalue weighted by Crippen LogP contribution is 2.41. The molecule has 5 rings (SSSR count). The third-order valence-electron chi connectivity index (χ3n) is 5.19. The van der Waals surface area contributed by atoms with Gasteiger partial charge in [0.15, 0.2) is 5.43 Å². The van der Waals surface area contributed by atoms with Crippen molar-refractivity contribution in [1.29, 1.82) is 0 Å². The SMILES string of the molecule is Cc1ccnc(N2C(=O)c3oc4ccc(Cl)cc4c(=O)c3C2c2ccc(O)cc2)c1. The number of hydrogen-bond acceptors (Lipinski definition) is 5. The lowest BCUT2D eigenvalue weighted by molar-refractivity contribution is 0.0970. The Morgan fingerprint density at radius 3 is 2.57 bits per heavy atom. The zero-order chi connectivity index (χ0) is 21.0. The summed E-state index contributed by atoms with van der Waals surface area (Å²) >= 11 is 6.09. The third-order valence-corrected chi connectivity index (χ3v) is 5.42.